The largest absolute Gasteiger partial charge is 0.465 e. The van der Waals surface area contributed by atoms with Gasteiger partial charge in [0, 0.05) is 6.61 Å². The third-order valence-electron chi connectivity index (χ3n) is 2.87. The van der Waals surface area contributed by atoms with Gasteiger partial charge in [0.15, 0.2) is 5.41 Å². The van der Waals surface area contributed by atoms with Crippen LogP contribution in [0.15, 0.2) is 0 Å². The topological polar surface area (TPSA) is 61.8 Å². The van der Waals surface area contributed by atoms with Crippen LogP contribution in [0.1, 0.15) is 33.6 Å². The highest BCUT2D eigenvalue weighted by Gasteiger charge is 2.47. The van der Waals surface area contributed by atoms with Crippen molar-refractivity contribution in [3.05, 3.63) is 0 Å². The number of ether oxygens (including phenoxy) is 3. The van der Waals surface area contributed by atoms with Crippen molar-refractivity contribution in [3.63, 3.8) is 0 Å². The van der Waals surface area contributed by atoms with E-state index in [2.05, 4.69) is 4.74 Å². The molecule has 0 saturated heterocycles. The van der Waals surface area contributed by atoms with E-state index in [0.29, 0.717) is 0 Å². The quantitative estimate of drug-likeness (QED) is 0.372. The molecule has 0 aromatic carbocycles. The molecular weight excluding hydrogens is 293 g/mol. The van der Waals surface area contributed by atoms with Gasteiger partial charge >= 0.3 is 18.1 Å². The molecule has 0 aromatic rings. The second kappa shape index (κ2) is 8.86. The lowest BCUT2D eigenvalue weighted by Gasteiger charge is -2.27. The fourth-order valence-electron chi connectivity index (χ4n) is 1.73. The Balaban J connectivity index is 4.86. The Kier molecular flexibility index (Phi) is 8.31. The number of alkyl halides is 3. The van der Waals surface area contributed by atoms with Crippen molar-refractivity contribution in [3.8, 4) is 0 Å². The molecule has 124 valence electrons. The van der Waals surface area contributed by atoms with Crippen molar-refractivity contribution in [1.29, 1.82) is 0 Å². The monoisotopic (exact) mass is 314 g/mol. The van der Waals surface area contributed by atoms with E-state index in [1.165, 1.54) is 0 Å². The Bertz CT molecular complexity index is 323. The zero-order valence-corrected chi connectivity index (χ0v) is 12.4. The summed E-state index contributed by atoms with van der Waals surface area (Å²) >= 11 is 0. The zero-order valence-electron chi connectivity index (χ0n) is 12.4. The molecule has 0 aromatic heterocycles. The number of hydrogen-bond acceptors (Lipinski definition) is 5. The zero-order chi connectivity index (χ0) is 16.5. The second-order valence-electron chi connectivity index (χ2n) is 4.29. The summed E-state index contributed by atoms with van der Waals surface area (Å²) in [6, 6.07) is 0. The maximum absolute atomic E-state index is 12.0. The molecule has 0 fully saturated rings. The van der Waals surface area contributed by atoms with E-state index in [4.69, 9.17) is 9.47 Å². The summed E-state index contributed by atoms with van der Waals surface area (Å²) < 4.78 is 50.2. The molecule has 0 rings (SSSR count). The summed E-state index contributed by atoms with van der Waals surface area (Å²) in [6.07, 6.45) is -4.62. The predicted octanol–water partition coefficient (Wildman–Crippen LogP) is 2.48. The molecule has 0 saturated carbocycles. The van der Waals surface area contributed by atoms with Crippen LogP contribution in [0.25, 0.3) is 0 Å². The van der Waals surface area contributed by atoms with E-state index in [-0.39, 0.29) is 26.1 Å². The van der Waals surface area contributed by atoms with Gasteiger partial charge in [0.2, 0.25) is 0 Å². The molecule has 0 atom stereocenters. The van der Waals surface area contributed by atoms with Crippen molar-refractivity contribution in [2.45, 2.75) is 39.8 Å². The van der Waals surface area contributed by atoms with E-state index in [1.54, 1.807) is 20.8 Å². The summed E-state index contributed by atoms with van der Waals surface area (Å²) in [4.78, 5) is 24.0. The normalized spacial score (nSPS) is 12.1. The van der Waals surface area contributed by atoms with Gasteiger partial charge in [0.1, 0.15) is 6.61 Å². The van der Waals surface area contributed by atoms with Crippen LogP contribution >= 0.6 is 0 Å². The third kappa shape index (κ3) is 6.33. The van der Waals surface area contributed by atoms with Crippen LogP contribution in [0.4, 0.5) is 13.2 Å². The van der Waals surface area contributed by atoms with Crippen molar-refractivity contribution < 1.29 is 37.0 Å². The molecule has 0 amide bonds. The predicted molar refractivity (Wildman–Crippen MR) is 67.5 cm³/mol. The molecule has 0 N–H and O–H groups in total. The number of esters is 2. The molecule has 0 unspecified atom stereocenters. The van der Waals surface area contributed by atoms with Crippen molar-refractivity contribution in [2.75, 3.05) is 26.4 Å². The number of carbonyl (C=O) groups excluding carboxylic acids is 2. The van der Waals surface area contributed by atoms with Gasteiger partial charge in [-0.25, -0.2) is 0 Å². The molecule has 5 nitrogen and oxygen atoms in total. The summed E-state index contributed by atoms with van der Waals surface area (Å²) in [5.41, 5.74) is -1.63. The number of carbonyl (C=O) groups is 2. The van der Waals surface area contributed by atoms with Gasteiger partial charge in [-0.2, -0.15) is 13.2 Å². The minimum atomic E-state index is -4.46. The van der Waals surface area contributed by atoms with Gasteiger partial charge in [-0.15, -0.1) is 0 Å². The average Bonchev–Trinajstić information content (AvgIpc) is 2.38. The smallest absolute Gasteiger partial charge is 0.411 e. The lowest BCUT2D eigenvalue weighted by Crippen LogP contribution is -2.42. The van der Waals surface area contributed by atoms with E-state index >= 15 is 0 Å². The van der Waals surface area contributed by atoms with Gasteiger partial charge in [-0.1, -0.05) is 6.92 Å². The molecule has 21 heavy (non-hydrogen) atoms. The van der Waals surface area contributed by atoms with Crippen LogP contribution in [0.2, 0.25) is 0 Å². The van der Waals surface area contributed by atoms with E-state index < -0.39 is 36.7 Å². The van der Waals surface area contributed by atoms with Gasteiger partial charge < -0.3 is 14.2 Å². The summed E-state index contributed by atoms with van der Waals surface area (Å²) in [6.45, 7) is 3.00. The highest BCUT2D eigenvalue weighted by atomic mass is 19.4. The first kappa shape index (κ1) is 19.7. The van der Waals surface area contributed by atoms with Crippen LogP contribution in [0, 0.1) is 5.41 Å². The summed E-state index contributed by atoms with van der Waals surface area (Å²) in [7, 11) is 0. The maximum atomic E-state index is 12.0. The Morgan fingerprint density at radius 1 is 0.952 bits per heavy atom. The molecule has 0 aliphatic carbocycles. The molecule has 0 heterocycles. The van der Waals surface area contributed by atoms with E-state index in [1.807, 2.05) is 0 Å². The minimum absolute atomic E-state index is 0.0556. The number of rotatable bonds is 9. The Morgan fingerprint density at radius 2 is 1.43 bits per heavy atom. The lowest BCUT2D eigenvalue weighted by atomic mass is 9.82. The second-order valence-corrected chi connectivity index (χ2v) is 4.29. The molecule has 0 aliphatic heterocycles. The number of halogens is 3. The SMILES string of the molecule is CCOC(=O)C(CC)(CCOCC(F)(F)F)C(=O)OCC. The molecular formula is C13H21F3O5. The standard InChI is InChI=1S/C13H21F3O5/c1-4-12(10(17)20-5-2,11(18)21-6-3)7-8-19-9-13(14,15)16/h4-9H2,1-3H3. The fraction of sp³-hybridized carbons (Fsp3) is 0.846. The van der Waals surface area contributed by atoms with Crippen molar-refractivity contribution in [1.82, 2.24) is 0 Å². The van der Waals surface area contributed by atoms with Crippen LogP contribution in [-0.2, 0) is 23.8 Å². The minimum Gasteiger partial charge on any atom is -0.465 e. The molecule has 0 bridgehead atoms. The van der Waals surface area contributed by atoms with Crippen LogP contribution in [-0.4, -0.2) is 44.5 Å². The van der Waals surface area contributed by atoms with Crippen molar-refractivity contribution in [2.24, 2.45) is 5.41 Å². The summed E-state index contributed by atoms with van der Waals surface area (Å²) in [5, 5.41) is 0. The van der Waals surface area contributed by atoms with E-state index in [9.17, 15) is 22.8 Å². The van der Waals surface area contributed by atoms with Gasteiger partial charge in [0.25, 0.3) is 0 Å². The van der Waals surface area contributed by atoms with E-state index in [0.717, 1.165) is 0 Å². The Hall–Kier alpha value is -1.31. The van der Waals surface area contributed by atoms with Gasteiger partial charge in [-0.05, 0) is 26.7 Å². The van der Waals surface area contributed by atoms with Crippen LogP contribution < -0.4 is 0 Å². The molecule has 8 heteroatoms. The van der Waals surface area contributed by atoms with Crippen LogP contribution in [0.5, 0.6) is 0 Å². The summed E-state index contributed by atoms with van der Waals surface area (Å²) in [5.74, 6) is -1.61. The Morgan fingerprint density at radius 3 is 1.76 bits per heavy atom. The lowest BCUT2D eigenvalue weighted by molar-refractivity contribution is -0.182. The maximum Gasteiger partial charge on any atom is 0.411 e. The first-order valence-electron chi connectivity index (χ1n) is 6.72. The molecule has 0 spiro atoms. The fourth-order valence-corrected chi connectivity index (χ4v) is 1.73. The van der Waals surface area contributed by atoms with Gasteiger partial charge in [-0.3, -0.25) is 9.59 Å². The molecule has 0 radical (unpaired) electrons. The number of hydrogen-bond donors (Lipinski definition) is 0. The first-order valence-corrected chi connectivity index (χ1v) is 6.72. The van der Waals surface area contributed by atoms with Crippen molar-refractivity contribution >= 4 is 11.9 Å². The molecule has 0 aliphatic rings. The highest BCUT2D eigenvalue weighted by molar-refractivity contribution is 6.00. The third-order valence-corrected chi connectivity index (χ3v) is 2.87. The van der Waals surface area contributed by atoms with Gasteiger partial charge in [0.05, 0.1) is 13.2 Å². The van der Waals surface area contributed by atoms with Crippen LogP contribution in [0.3, 0.4) is 0 Å². The average molecular weight is 314 g/mol. The first-order chi connectivity index (χ1) is 9.73. The Labute approximate surface area is 121 Å². The highest BCUT2D eigenvalue weighted by Crippen LogP contribution is 2.31.